The molecule has 4 heteroatoms. The Labute approximate surface area is 95.4 Å². The molecule has 0 unspecified atom stereocenters. The highest BCUT2D eigenvalue weighted by Gasteiger charge is 2.20. The van der Waals surface area contributed by atoms with E-state index < -0.39 is 0 Å². The summed E-state index contributed by atoms with van der Waals surface area (Å²) in [5.74, 6) is 1.76. The van der Waals surface area contributed by atoms with Crippen LogP contribution in [0.3, 0.4) is 0 Å². The third-order valence-corrected chi connectivity index (χ3v) is 2.86. The maximum Gasteiger partial charge on any atom is 0.237 e. The summed E-state index contributed by atoms with van der Waals surface area (Å²) in [6.45, 7) is 3.32. The Morgan fingerprint density at radius 2 is 2.44 bits per heavy atom. The molecule has 1 saturated heterocycles. The lowest BCUT2D eigenvalue weighted by atomic mass is 10.0. The van der Waals surface area contributed by atoms with Crippen LogP contribution in [0.25, 0.3) is 0 Å². The zero-order chi connectivity index (χ0) is 11.4. The SMILES string of the molecule is Cc1ccc(CNC(=O)[C@H]2CCCCN2)o1. The van der Waals surface area contributed by atoms with E-state index in [1.807, 2.05) is 19.1 Å². The molecule has 0 spiro atoms. The Bertz CT molecular complexity index is 354. The first kappa shape index (κ1) is 11.2. The number of hydrogen-bond acceptors (Lipinski definition) is 3. The number of amides is 1. The van der Waals surface area contributed by atoms with Gasteiger partial charge in [0, 0.05) is 0 Å². The molecule has 2 heterocycles. The van der Waals surface area contributed by atoms with Crippen LogP contribution < -0.4 is 10.6 Å². The number of carbonyl (C=O) groups excluding carboxylic acids is 1. The first-order valence-corrected chi connectivity index (χ1v) is 5.82. The molecule has 1 amide bonds. The number of aryl methyl sites for hydroxylation is 1. The number of piperidine rings is 1. The summed E-state index contributed by atoms with van der Waals surface area (Å²) in [7, 11) is 0. The molecule has 0 radical (unpaired) electrons. The Morgan fingerprint density at radius 3 is 3.06 bits per heavy atom. The van der Waals surface area contributed by atoms with Crippen LogP contribution in [0.4, 0.5) is 0 Å². The third kappa shape index (κ3) is 2.85. The fourth-order valence-corrected chi connectivity index (χ4v) is 1.95. The lowest BCUT2D eigenvalue weighted by molar-refractivity contribution is -0.123. The monoisotopic (exact) mass is 222 g/mol. The van der Waals surface area contributed by atoms with Crippen LogP contribution in [0.15, 0.2) is 16.5 Å². The standard InChI is InChI=1S/C12H18N2O2/c1-9-5-6-10(16-9)8-14-12(15)11-4-2-3-7-13-11/h5-6,11,13H,2-4,7-8H2,1H3,(H,14,15)/t11-/m1/s1. The maximum absolute atomic E-state index is 11.8. The average Bonchev–Trinajstić information content (AvgIpc) is 2.73. The van der Waals surface area contributed by atoms with Gasteiger partial charge in [0.25, 0.3) is 0 Å². The van der Waals surface area contributed by atoms with Crippen LogP contribution in [0.5, 0.6) is 0 Å². The molecule has 1 aliphatic heterocycles. The Balaban J connectivity index is 1.78. The zero-order valence-electron chi connectivity index (χ0n) is 9.58. The topological polar surface area (TPSA) is 54.3 Å². The van der Waals surface area contributed by atoms with E-state index in [4.69, 9.17) is 4.42 Å². The van der Waals surface area contributed by atoms with Crippen LogP contribution in [0, 0.1) is 6.92 Å². The van der Waals surface area contributed by atoms with Gasteiger partial charge in [-0.15, -0.1) is 0 Å². The van der Waals surface area contributed by atoms with Crippen molar-refractivity contribution in [3.8, 4) is 0 Å². The van der Waals surface area contributed by atoms with Gasteiger partial charge >= 0.3 is 0 Å². The van der Waals surface area contributed by atoms with E-state index in [1.54, 1.807) is 0 Å². The van der Waals surface area contributed by atoms with Crippen molar-refractivity contribution in [2.45, 2.75) is 38.8 Å². The first-order chi connectivity index (χ1) is 7.75. The van der Waals surface area contributed by atoms with Crippen LogP contribution in [0.1, 0.15) is 30.8 Å². The van der Waals surface area contributed by atoms with Gasteiger partial charge in [-0.2, -0.15) is 0 Å². The highest BCUT2D eigenvalue weighted by atomic mass is 16.3. The summed E-state index contributed by atoms with van der Waals surface area (Å²) in [6.07, 6.45) is 3.23. The first-order valence-electron chi connectivity index (χ1n) is 5.82. The van der Waals surface area contributed by atoms with Gasteiger partial charge in [-0.05, 0) is 38.4 Å². The van der Waals surface area contributed by atoms with Crippen molar-refractivity contribution >= 4 is 5.91 Å². The fraction of sp³-hybridized carbons (Fsp3) is 0.583. The molecular weight excluding hydrogens is 204 g/mol. The normalized spacial score (nSPS) is 20.7. The lowest BCUT2D eigenvalue weighted by Crippen LogP contribution is -2.46. The predicted molar refractivity (Wildman–Crippen MR) is 60.9 cm³/mol. The third-order valence-electron chi connectivity index (χ3n) is 2.86. The maximum atomic E-state index is 11.8. The van der Waals surface area contributed by atoms with Gasteiger partial charge in [0.05, 0.1) is 12.6 Å². The minimum atomic E-state index is -0.0233. The predicted octanol–water partition coefficient (Wildman–Crippen LogP) is 1.35. The summed E-state index contributed by atoms with van der Waals surface area (Å²) in [6, 6.07) is 3.77. The van der Waals surface area contributed by atoms with E-state index in [0.29, 0.717) is 6.54 Å². The molecule has 0 aromatic carbocycles. The van der Waals surface area contributed by atoms with Gasteiger partial charge in [-0.1, -0.05) is 6.42 Å². The second-order valence-electron chi connectivity index (χ2n) is 4.23. The molecule has 1 aromatic rings. The van der Waals surface area contributed by atoms with Gasteiger partial charge in [-0.25, -0.2) is 0 Å². The summed E-state index contributed by atoms with van der Waals surface area (Å²) < 4.78 is 5.39. The van der Waals surface area contributed by atoms with Gasteiger partial charge in [0.15, 0.2) is 0 Å². The highest BCUT2D eigenvalue weighted by Crippen LogP contribution is 2.08. The van der Waals surface area contributed by atoms with Crippen LogP contribution >= 0.6 is 0 Å². The van der Waals surface area contributed by atoms with E-state index >= 15 is 0 Å². The summed E-state index contributed by atoms with van der Waals surface area (Å²) in [4.78, 5) is 11.8. The molecule has 1 aliphatic rings. The van der Waals surface area contributed by atoms with Gasteiger partial charge in [0.1, 0.15) is 11.5 Å². The van der Waals surface area contributed by atoms with Crippen molar-refractivity contribution < 1.29 is 9.21 Å². The van der Waals surface area contributed by atoms with E-state index in [2.05, 4.69) is 10.6 Å². The minimum absolute atomic E-state index is 0.0233. The van der Waals surface area contributed by atoms with E-state index in [9.17, 15) is 4.79 Å². The van der Waals surface area contributed by atoms with E-state index in [0.717, 1.165) is 30.9 Å². The number of hydrogen-bond donors (Lipinski definition) is 2. The van der Waals surface area contributed by atoms with E-state index in [1.165, 1.54) is 6.42 Å². The molecule has 16 heavy (non-hydrogen) atoms. The van der Waals surface area contributed by atoms with Gasteiger partial charge < -0.3 is 15.1 Å². The summed E-state index contributed by atoms with van der Waals surface area (Å²) >= 11 is 0. The van der Waals surface area contributed by atoms with Crippen LogP contribution in [0.2, 0.25) is 0 Å². The van der Waals surface area contributed by atoms with Crippen molar-refractivity contribution in [3.05, 3.63) is 23.7 Å². The number of carbonyl (C=O) groups is 1. The second-order valence-corrected chi connectivity index (χ2v) is 4.23. The molecule has 88 valence electrons. The smallest absolute Gasteiger partial charge is 0.237 e. The number of rotatable bonds is 3. The molecular formula is C12H18N2O2. The lowest BCUT2D eigenvalue weighted by Gasteiger charge is -2.22. The quantitative estimate of drug-likeness (QED) is 0.811. The molecule has 0 saturated carbocycles. The Kier molecular flexibility index (Phi) is 3.62. The fourth-order valence-electron chi connectivity index (χ4n) is 1.95. The van der Waals surface area contributed by atoms with Crippen molar-refractivity contribution in [2.75, 3.05) is 6.54 Å². The Morgan fingerprint density at radius 1 is 1.56 bits per heavy atom. The molecule has 1 atom stereocenters. The molecule has 1 fully saturated rings. The number of nitrogens with one attached hydrogen (secondary N) is 2. The minimum Gasteiger partial charge on any atom is -0.465 e. The van der Waals surface area contributed by atoms with Crippen LogP contribution in [-0.4, -0.2) is 18.5 Å². The molecule has 4 nitrogen and oxygen atoms in total. The average molecular weight is 222 g/mol. The molecule has 2 N–H and O–H groups in total. The molecule has 0 aliphatic carbocycles. The van der Waals surface area contributed by atoms with Crippen LogP contribution in [-0.2, 0) is 11.3 Å². The van der Waals surface area contributed by atoms with Gasteiger partial charge in [-0.3, -0.25) is 4.79 Å². The molecule has 2 rings (SSSR count). The van der Waals surface area contributed by atoms with Crippen molar-refractivity contribution in [1.29, 1.82) is 0 Å². The van der Waals surface area contributed by atoms with Crippen molar-refractivity contribution in [3.63, 3.8) is 0 Å². The van der Waals surface area contributed by atoms with Crippen molar-refractivity contribution in [1.82, 2.24) is 10.6 Å². The molecule has 1 aromatic heterocycles. The summed E-state index contributed by atoms with van der Waals surface area (Å²) in [5.41, 5.74) is 0. The van der Waals surface area contributed by atoms with E-state index in [-0.39, 0.29) is 11.9 Å². The largest absolute Gasteiger partial charge is 0.465 e. The number of furan rings is 1. The Hall–Kier alpha value is -1.29. The second kappa shape index (κ2) is 5.16. The van der Waals surface area contributed by atoms with Gasteiger partial charge in [0.2, 0.25) is 5.91 Å². The highest BCUT2D eigenvalue weighted by molar-refractivity contribution is 5.81. The van der Waals surface area contributed by atoms with Crippen molar-refractivity contribution in [2.24, 2.45) is 0 Å². The molecule has 0 bridgehead atoms. The zero-order valence-corrected chi connectivity index (χ0v) is 9.58. The summed E-state index contributed by atoms with van der Waals surface area (Å²) in [5, 5.41) is 6.10.